The zero-order valence-electron chi connectivity index (χ0n) is 17.5. The molecule has 0 spiro atoms. The molecule has 0 radical (unpaired) electrons. The Morgan fingerprint density at radius 1 is 0.750 bits per heavy atom. The minimum absolute atomic E-state index is 0.0148. The first kappa shape index (κ1) is 22.7. The van der Waals surface area contributed by atoms with Gasteiger partial charge >= 0.3 is 12.1 Å². The Labute approximate surface area is 186 Å². The van der Waals surface area contributed by atoms with Gasteiger partial charge in [-0.1, -0.05) is 60.7 Å². The molecule has 0 heterocycles. The molecule has 0 aliphatic heterocycles. The van der Waals surface area contributed by atoms with Crippen LogP contribution in [0, 0.1) is 0 Å². The van der Waals surface area contributed by atoms with Gasteiger partial charge in [0.15, 0.2) is 0 Å². The number of amides is 1. The molecule has 1 amide bonds. The Morgan fingerprint density at radius 2 is 1.31 bits per heavy atom. The highest BCUT2D eigenvalue weighted by atomic mass is 16.5. The molecule has 0 aliphatic rings. The minimum Gasteiger partial charge on any atom is -0.490 e. The number of hydrogen-bond donors (Lipinski definition) is 2. The Morgan fingerprint density at radius 3 is 1.91 bits per heavy atom. The molecule has 7 heteroatoms. The first-order chi connectivity index (χ1) is 15.6. The summed E-state index contributed by atoms with van der Waals surface area (Å²) < 4.78 is 16.4. The number of aliphatic carboxylic acids is 1. The smallest absolute Gasteiger partial charge is 0.408 e. The third-order valence-corrected chi connectivity index (χ3v) is 4.53. The molecule has 0 fully saturated rings. The first-order valence-corrected chi connectivity index (χ1v) is 10.2. The van der Waals surface area contributed by atoms with Crippen molar-refractivity contribution in [2.45, 2.75) is 19.1 Å². The van der Waals surface area contributed by atoms with E-state index in [2.05, 4.69) is 5.32 Å². The molecule has 0 aliphatic carbocycles. The fourth-order valence-corrected chi connectivity index (χ4v) is 2.90. The van der Waals surface area contributed by atoms with Crippen LogP contribution in [0.3, 0.4) is 0 Å². The number of benzene rings is 3. The SMILES string of the molecule is O=C(N[C@H](Cc1ccccc1)C(=O)O)OCc1ccc(OCCOc2ccccc2)cc1. The van der Waals surface area contributed by atoms with Gasteiger partial charge in [0, 0.05) is 6.42 Å². The van der Waals surface area contributed by atoms with E-state index in [1.807, 2.05) is 48.5 Å². The van der Waals surface area contributed by atoms with Crippen LogP contribution < -0.4 is 14.8 Å². The van der Waals surface area contributed by atoms with E-state index in [1.54, 1.807) is 36.4 Å². The van der Waals surface area contributed by atoms with Gasteiger partial charge < -0.3 is 24.6 Å². The summed E-state index contributed by atoms with van der Waals surface area (Å²) in [5.41, 5.74) is 1.56. The van der Waals surface area contributed by atoms with Crippen molar-refractivity contribution in [2.24, 2.45) is 0 Å². The van der Waals surface area contributed by atoms with Gasteiger partial charge in [-0.3, -0.25) is 0 Å². The monoisotopic (exact) mass is 435 g/mol. The number of carbonyl (C=O) groups is 2. The Kier molecular flexibility index (Phi) is 8.50. The van der Waals surface area contributed by atoms with Gasteiger partial charge in [-0.05, 0) is 35.4 Å². The summed E-state index contributed by atoms with van der Waals surface area (Å²) in [6.07, 6.45) is -0.614. The van der Waals surface area contributed by atoms with E-state index >= 15 is 0 Å². The maximum Gasteiger partial charge on any atom is 0.408 e. The number of nitrogens with one attached hydrogen (secondary N) is 1. The normalized spacial score (nSPS) is 11.2. The number of rotatable bonds is 11. The summed E-state index contributed by atoms with van der Waals surface area (Å²) in [5, 5.41) is 11.8. The highest BCUT2D eigenvalue weighted by molar-refractivity contribution is 5.80. The topological polar surface area (TPSA) is 94.1 Å². The summed E-state index contributed by atoms with van der Waals surface area (Å²) in [7, 11) is 0. The molecule has 0 bridgehead atoms. The lowest BCUT2D eigenvalue weighted by Gasteiger charge is -2.15. The zero-order chi connectivity index (χ0) is 22.6. The second-order valence-electron chi connectivity index (χ2n) is 6.95. The molecule has 3 aromatic carbocycles. The van der Waals surface area contributed by atoms with Crippen LogP contribution in [0.4, 0.5) is 4.79 Å². The quantitative estimate of drug-likeness (QED) is 0.441. The van der Waals surface area contributed by atoms with Crippen molar-refractivity contribution < 1.29 is 28.9 Å². The van der Waals surface area contributed by atoms with Crippen molar-refractivity contribution in [1.82, 2.24) is 5.32 Å². The second kappa shape index (κ2) is 12.0. The summed E-state index contributed by atoms with van der Waals surface area (Å²) in [5.74, 6) is 0.336. The minimum atomic E-state index is -1.12. The Bertz CT molecular complexity index is 976. The number of carbonyl (C=O) groups excluding carboxylic acids is 1. The molecule has 7 nitrogen and oxygen atoms in total. The van der Waals surface area contributed by atoms with E-state index < -0.39 is 18.1 Å². The number of para-hydroxylation sites is 1. The van der Waals surface area contributed by atoms with Crippen LogP contribution in [0.2, 0.25) is 0 Å². The molecule has 0 unspecified atom stereocenters. The van der Waals surface area contributed by atoms with Crippen molar-refractivity contribution in [1.29, 1.82) is 0 Å². The molecule has 166 valence electrons. The van der Waals surface area contributed by atoms with Crippen molar-refractivity contribution in [3.05, 3.63) is 96.1 Å². The highest BCUT2D eigenvalue weighted by Crippen LogP contribution is 2.14. The number of carboxylic acids is 1. The fraction of sp³-hybridized carbons (Fsp3) is 0.200. The fourth-order valence-electron chi connectivity index (χ4n) is 2.90. The van der Waals surface area contributed by atoms with Crippen LogP contribution >= 0.6 is 0 Å². The molecule has 3 aromatic rings. The van der Waals surface area contributed by atoms with Gasteiger partial charge in [-0.2, -0.15) is 0 Å². The van der Waals surface area contributed by atoms with E-state index in [0.29, 0.717) is 19.0 Å². The number of hydrogen-bond acceptors (Lipinski definition) is 5. The Balaban J connectivity index is 1.39. The van der Waals surface area contributed by atoms with E-state index in [-0.39, 0.29) is 13.0 Å². The number of carboxylic acid groups (broad SMARTS) is 1. The third kappa shape index (κ3) is 7.68. The second-order valence-corrected chi connectivity index (χ2v) is 6.95. The molecule has 1 atom stereocenters. The van der Waals surface area contributed by atoms with Gasteiger partial charge in [0.2, 0.25) is 0 Å². The average Bonchev–Trinajstić information content (AvgIpc) is 2.82. The molecule has 32 heavy (non-hydrogen) atoms. The maximum absolute atomic E-state index is 12.0. The molecular formula is C25H25NO6. The average molecular weight is 435 g/mol. The van der Waals surface area contributed by atoms with E-state index in [0.717, 1.165) is 16.9 Å². The van der Waals surface area contributed by atoms with Crippen molar-refractivity contribution in [3.63, 3.8) is 0 Å². The molecule has 0 saturated carbocycles. The van der Waals surface area contributed by atoms with Crippen LogP contribution in [-0.2, 0) is 22.6 Å². The zero-order valence-corrected chi connectivity index (χ0v) is 17.5. The summed E-state index contributed by atoms with van der Waals surface area (Å²) in [4.78, 5) is 23.5. The summed E-state index contributed by atoms with van der Waals surface area (Å²) in [6.45, 7) is 0.828. The van der Waals surface area contributed by atoms with Gasteiger partial charge in [0.1, 0.15) is 37.4 Å². The summed E-state index contributed by atoms with van der Waals surface area (Å²) >= 11 is 0. The van der Waals surface area contributed by atoms with Crippen molar-refractivity contribution in [3.8, 4) is 11.5 Å². The van der Waals surface area contributed by atoms with Gasteiger partial charge in [-0.15, -0.1) is 0 Å². The van der Waals surface area contributed by atoms with Gasteiger partial charge in [0.05, 0.1) is 0 Å². The predicted octanol–water partition coefficient (Wildman–Crippen LogP) is 4.07. The highest BCUT2D eigenvalue weighted by Gasteiger charge is 2.21. The standard InChI is InChI=1S/C25H25NO6/c27-24(28)23(17-19-7-3-1-4-8-19)26-25(29)32-18-20-11-13-22(14-12-20)31-16-15-30-21-9-5-2-6-10-21/h1-14,23H,15-18H2,(H,26,29)(H,27,28)/t23-/m1/s1. The maximum atomic E-state index is 12.0. The molecule has 0 saturated heterocycles. The van der Waals surface area contributed by atoms with Gasteiger partial charge in [-0.25, -0.2) is 9.59 Å². The molecular weight excluding hydrogens is 410 g/mol. The lowest BCUT2D eigenvalue weighted by atomic mass is 10.1. The van der Waals surface area contributed by atoms with E-state index in [9.17, 15) is 14.7 Å². The van der Waals surface area contributed by atoms with Gasteiger partial charge in [0.25, 0.3) is 0 Å². The third-order valence-electron chi connectivity index (χ3n) is 4.53. The van der Waals surface area contributed by atoms with Crippen LogP contribution in [0.1, 0.15) is 11.1 Å². The Hall–Kier alpha value is -4.00. The van der Waals surface area contributed by atoms with E-state index in [1.165, 1.54) is 0 Å². The van der Waals surface area contributed by atoms with Crippen LogP contribution in [0.15, 0.2) is 84.9 Å². The largest absolute Gasteiger partial charge is 0.490 e. The number of ether oxygens (including phenoxy) is 3. The molecule has 3 rings (SSSR count). The van der Waals surface area contributed by atoms with Crippen LogP contribution in [0.5, 0.6) is 11.5 Å². The van der Waals surface area contributed by atoms with E-state index in [4.69, 9.17) is 14.2 Å². The summed E-state index contributed by atoms with van der Waals surface area (Å²) in [6, 6.07) is 24.6. The van der Waals surface area contributed by atoms with Crippen molar-refractivity contribution in [2.75, 3.05) is 13.2 Å². The predicted molar refractivity (Wildman–Crippen MR) is 119 cm³/mol. The number of alkyl carbamates (subject to hydrolysis) is 1. The van der Waals surface area contributed by atoms with Crippen LogP contribution in [0.25, 0.3) is 0 Å². The lowest BCUT2D eigenvalue weighted by molar-refractivity contribution is -0.139. The van der Waals surface area contributed by atoms with Crippen LogP contribution in [-0.4, -0.2) is 36.4 Å². The first-order valence-electron chi connectivity index (χ1n) is 10.2. The molecule has 2 N–H and O–H groups in total. The van der Waals surface area contributed by atoms with Crippen molar-refractivity contribution >= 4 is 12.1 Å². The lowest BCUT2D eigenvalue weighted by Crippen LogP contribution is -2.42. The molecule has 0 aromatic heterocycles.